The largest absolute Gasteiger partial charge is 2.00 e. The smallest absolute Gasteiger partial charge is 0.547 e. The standard InChI is InChI=1S/2C4H6O6.Mg.2Na/c2*5-1(3(7)8)2(6)4(9)10;;;/h2*1-2,5-6H,(H,7,8)(H,9,10);;;/q;;+2;2*+1/p-4/t1-,2-;;;;/m1..../s1. The number of carboxylic acids is 4. The molecule has 0 aromatic heterocycles. The van der Waals surface area contributed by atoms with Gasteiger partial charge in [-0.05, 0) is 0 Å². The first-order valence-corrected chi connectivity index (χ1v) is 4.49. The number of carbonyl (C=O) groups excluding carboxylic acids is 4. The molecule has 0 fully saturated rings. The number of hydrogen-bond donors (Lipinski definition) is 4. The molecule has 0 aliphatic carbocycles. The van der Waals surface area contributed by atoms with Crippen LogP contribution in [0.15, 0.2) is 0 Å². The minimum absolute atomic E-state index is 0. The summed E-state index contributed by atoms with van der Waals surface area (Å²) in [5, 5.41) is 71.5. The molecule has 116 valence electrons. The third-order valence-corrected chi connectivity index (χ3v) is 1.56. The molecule has 23 heavy (non-hydrogen) atoms. The summed E-state index contributed by atoms with van der Waals surface area (Å²) in [6.07, 6.45) is -9.76. The SMILES string of the molecule is O=C([O-])C(O)C(O)C(=O)[O-].O=C([O-])[C@H](O)[C@@H](O)C(=O)[O-].[Mg+2].[Na+].[Na+]. The second-order valence-corrected chi connectivity index (χ2v) is 3.06. The second kappa shape index (κ2) is 17.3. The number of hydrogen-bond acceptors (Lipinski definition) is 12. The summed E-state index contributed by atoms with van der Waals surface area (Å²) in [7, 11) is 0. The molecular weight excluding hydrogens is 358 g/mol. The van der Waals surface area contributed by atoms with Crippen molar-refractivity contribution in [2.24, 2.45) is 0 Å². The Bertz CT molecular complexity index is 319. The van der Waals surface area contributed by atoms with Gasteiger partial charge in [0, 0.05) is 0 Å². The summed E-state index contributed by atoms with van der Waals surface area (Å²) >= 11 is 0. The average Bonchev–Trinajstić information content (AvgIpc) is 2.35. The molecule has 4 N–H and O–H groups in total. The van der Waals surface area contributed by atoms with Gasteiger partial charge in [0.2, 0.25) is 0 Å². The van der Waals surface area contributed by atoms with Crippen LogP contribution in [-0.2, 0) is 19.2 Å². The van der Waals surface area contributed by atoms with Crippen LogP contribution in [0.25, 0.3) is 0 Å². The minimum Gasteiger partial charge on any atom is -0.547 e. The van der Waals surface area contributed by atoms with Gasteiger partial charge in [0.15, 0.2) is 0 Å². The van der Waals surface area contributed by atoms with E-state index in [0.29, 0.717) is 0 Å². The van der Waals surface area contributed by atoms with Crippen molar-refractivity contribution in [2.45, 2.75) is 24.4 Å². The maximum Gasteiger partial charge on any atom is 2.00 e. The molecule has 0 spiro atoms. The van der Waals surface area contributed by atoms with Crippen molar-refractivity contribution in [2.75, 3.05) is 0 Å². The first kappa shape index (κ1) is 34.7. The Balaban J connectivity index is -0.0000000831. The van der Waals surface area contributed by atoms with Crippen LogP contribution in [-0.4, -0.2) is 91.8 Å². The predicted molar refractivity (Wildman–Crippen MR) is 49.8 cm³/mol. The fourth-order valence-corrected chi connectivity index (χ4v) is 0.516. The van der Waals surface area contributed by atoms with Crippen LogP contribution >= 0.6 is 0 Å². The fourth-order valence-electron chi connectivity index (χ4n) is 0.516. The predicted octanol–water partition coefficient (Wildman–Crippen LogP) is -16.0. The Morgan fingerprint density at radius 3 is 0.652 bits per heavy atom. The van der Waals surface area contributed by atoms with E-state index < -0.39 is 48.3 Å². The van der Waals surface area contributed by atoms with Crippen molar-refractivity contribution < 1.29 is 119 Å². The fraction of sp³-hybridized carbons (Fsp3) is 0.500. The molecule has 0 saturated carbocycles. The Hall–Kier alpha value is 0.486. The molecule has 0 aromatic rings. The van der Waals surface area contributed by atoms with Gasteiger partial charge in [-0.1, -0.05) is 0 Å². The molecule has 15 heteroatoms. The minimum atomic E-state index is -2.44. The number of aliphatic hydroxyl groups excluding tert-OH is 4. The van der Waals surface area contributed by atoms with E-state index in [9.17, 15) is 39.6 Å². The van der Waals surface area contributed by atoms with Gasteiger partial charge in [0.05, 0.1) is 23.9 Å². The Kier molecular flexibility index (Phi) is 26.2. The van der Waals surface area contributed by atoms with Crippen molar-refractivity contribution in [1.29, 1.82) is 0 Å². The molecule has 4 atom stereocenters. The maximum atomic E-state index is 9.63. The first-order chi connectivity index (χ1) is 8.93. The van der Waals surface area contributed by atoms with Crippen LogP contribution in [0.2, 0.25) is 0 Å². The third-order valence-electron chi connectivity index (χ3n) is 1.56. The molecule has 0 amide bonds. The summed E-state index contributed by atoms with van der Waals surface area (Å²) in [4.78, 5) is 38.5. The van der Waals surface area contributed by atoms with Crippen molar-refractivity contribution in [3.8, 4) is 0 Å². The van der Waals surface area contributed by atoms with Gasteiger partial charge in [-0.25, -0.2) is 0 Å². The Morgan fingerprint density at radius 1 is 0.522 bits per heavy atom. The number of aliphatic carboxylic acids is 4. The van der Waals surface area contributed by atoms with Crippen LogP contribution in [0.3, 0.4) is 0 Å². The molecule has 0 saturated heterocycles. The van der Waals surface area contributed by atoms with Gasteiger partial charge in [-0.2, -0.15) is 0 Å². The summed E-state index contributed by atoms with van der Waals surface area (Å²) in [5.74, 6) is -8.23. The monoisotopic (exact) mass is 366 g/mol. The van der Waals surface area contributed by atoms with Crippen LogP contribution in [0.5, 0.6) is 0 Å². The van der Waals surface area contributed by atoms with Crippen LogP contribution in [0.1, 0.15) is 0 Å². The molecule has 0 heterocycles. The van der Waals surface area contributed by atoms with E-state index in [1.54, 1.807) is 0 Å². The molecule has 0 radical (unpaired) electrons. The zero-order chi connectivity index (χ0) is 16.6. The number of aliphatic hydroxyl groups is 4. The zero-order valence-electron chi connectivity index (χ0n) is 12.1. The summed E-state index contributed by atoms with van der Waals surface area (Å²) in [6, 6.07) is 0. The summed E-state index contributed by atoms with van der Waals surface area (Å²) in [6.45, 7) is 0. The van der Waals surface area contributed by atoms with E-state index in [2.05, 4.69) is 0 Å². The maximum absolute atomic E-state index is 9.63. The normalized spacial score (nSPS) is 13.7. The van der Waals surface area contributed by atoms with Gasteiger partial charge >= 0.3 is 82.2 Å². The van der Waals surface area contributed by atoms with Crippen molar-refractivity contribution in [3.05, 3.63) is 0 Å². The van der Waals surface area contributed by atoms with Gasteiger partial charge < -0.3 is 60.0 Å². The molecule has 0 bridgehead atoms. The van der Waals surface area contributed by atoms with Gasteiger partial charge in [-0.3, -0.25) is 0 Å². The van der Waals surface area contributed by atoms with Gasteiger partial charge in [0.25, 0.3) is 0 Å². The topological polar surface area (TPSA) is 241 Å². The molecule has 0 aromatic carbocycles. The molecule has 0 aliphatic rings. The van der Waals surface area contributed by atoms with Crippen molar-refractivity contribution in [1.82, 2.24) is 0 Å². The Labute approximate surface area is 188 Å². The van der Waals surface area contributed by atoms with Crippen LogP contribution < -0.4 is 79.5 Å². The van der Waals surface area contributed by atoms with E-state index in [1.165, 1.54) is 0 Å². The summed E-state index contributed by atoms with van der Waals surface area (Å²) < 4.78 is 0. The molecule has 2 unspecified atom stereocenters. The van der Waals surface area contributed by atoms with Crippen molar-refractivity contribution >= 4 is 46.9 Å². The summed E-state index contributed by atoms with van der Waals surface area (Å²) in [5.41, 5.74) is 0. The average molecular weight is 366 g/mol. The van der Waals surface area contributed by atoms with Gasteiger partial charge in [-0.15, -0.1) is 0 Å². The number of carbonyl (C=O) groups is 4. The molecule has 0 rings (SSSR count). The number of carboxylic acid groups (broad SMARTS) is 4. The van der Waals surface area contributed by atoms with Crippen LogP contribution in [0, 0.1) is 0 Å². The van der Waals surface area contributed by atoms with E-state index in [1.807, 2.05) is 0 Å². The Morgan fingerprint density at radius 2 is 0.609 bits per heavy atom. The third kappa shape index (κ3) is 15.7. The number of rotatable bonds is 6. The first-order valence-electron chi connectivity index (χ1n) is 4.49. The molecular formula is C8H8MgNa2O12. The quantitative estimate of drug-likeness (QED) is 0.320. The van der Waals surface area contributed by atoms with E-state index in [-0.39, 0.29) is 82.2 Å². The zero-order valence-corrected chi connectivity index (χ0v) is 17.5. The van der Waals surface area contributed by atoms with E-state index in [0.717, 1.165) is 0 Å². The van der Waals surface area contributed by atoms with Crippen LogP contribution in [0.4, 0.5) is 0 Å². The molecule has 0 aliphatic heterocycles. The molecule has 12 nitrogen and oxygen atoms in total. The van der Waals surface area contributed by atoms with E-state index in [4.69, 9.17) is 20.4 Å². The van der Waals surface area contributed by atoms with E-state index >= 15 is 0 Å². The van der Waals surface area contributed by atoms with Crippen molar-refractivity contribution in [3.63, 3.8) is 0 Å². The second-order valence-electron chi connectivity index (χ2n) is 3.06. The van der Waals surface area contributed by atoms with Gasteiger partial charge in [0.1, 0.15) is 24.4 Å².